The van der Waals surface area contributed by atoms with Gasteiger partial charge in [-0.3, -0.25) is 9.59 Å². The molecule has 1 aliphatic heterocycles. The minimum atomic E-state index is -0.921. The maximum atomic E-state index is 14.5. The maximum Gasteiger partial charge on any atom is 0.408 e. The van der Waals surface area contributed by atoms with Crippen LogP contribution in [0.4, 0.5) is 9.59 Å². The second kappa shape index (κ2) is 27.9. The van der Waals surface area contributed by atoms with Crippen LogP contribution in [0.5, 0.6) is 0 Å². The third kappa shape index (κ3) is 17.5. The van der Waals surface area contributed by atoms with E-state index in [2.05, 4.69) is 49.5 Å². The summed E-state index contributed by atoms with van der Waals surface area (Å²) in [4.78, 5) is 79.9. The van der Waals surface area contributed by atoms with Gasteiger partial charge in [-0.25, -0.2) is 19.2 Å². The van der Waals surface area contributed by atoms with Crippen molar-refractivity contribution in [3.63, 3.8) is 0 Å². The van der Waals surface area contributed by atoms with Crippen LogP contribution in [-0.2, 0) is 51.3 Å². The van der Waals surface area contributed by atoms with Gasteiger partial charge in [0.05, 0.1) is 14.2 Å². The lowest BCUT2D eigenvalue weighted by Gasteiger charge is -2.39. The van der Waals surface area contributed by atoms with Crippen molar-refractivity contribution < 1.29 is 47.7 Å². The quantitative estimate of drug-likeness (QED) is 0.0338. The van der Waals surface area contributed by atoms with Gasteiger partial charge >= 0.3 is 24.1 Å². The molecule has 1 saturated carbocycles. The zero-order chi connectivity index (χ0) is 51.2. The molecule has 2 aromatic carbocycles. The van der Waals surface area contributed by atoms with E-state index >= 15 is 0 Å². The predicted octanol–water partition coefficient (Wildman–Crippen LogP) is 9.78. The van der Waals surface area contributed by atoms with Crippen LogP contribution in [-0.4, -0.2) is 85.8 Å². The zero-order valence-electron chi connectivity index (χ0n) is 42.5. The van der Waals surface area contributed by atoms with Gasteiger partial charge < -0.3 is 39.8 Å². The van der Waals surface area contributed by atoms with Crippen LogP contribution in [0.15, 0.2) is 98.6 Å². The summed E-state index contributed by atoms with van der Waals surface area (Å²) in [5.41, 5.74) is 0.505. The molecule has 1 aliphatic carbocycles. The molecule has 69 heavy (non-hydrogen) atoms. The van der Waals surface area contributed by atoms with Gasteiger partial charge in [0, 0.05) is 6.54 Å². The number of amides is 4. The number of allylic oxidation sites excluding steroid dienone is 3. The molecule has 0 aromatic heterocycles. The van der Waals surface area contributed by atoms with Crippen molar-refractivity contribution in [1.82, 2.24) is 20.9 Å². The molecule has 0 radical (unpaired) electrons. The number of nitrogens with one attached hydrogen (secondary N) is 3. The molecule has 6 atom stereocenters. The highest BCUT2D eigenvalue weighted by molar-refractivity contribution is 5.95. The molecule has 2 aliphatic rings. The molecule has 3 N–H and O–H groups in total. The number of benzene rings is 2. The van der Waals surface area contributed by atoms with Crippen LogP contribution in [0.2, 0.25) is 0 Å². The third-order valence-corrected chi connectivity index (χ3v) is 13.6. The first-order valence-corrected chi connectivity index (χ1v) is 24.3. The molecule has 14 heteroatoms. The molecule has 2 fully saturated rings. The molecule has 0 spiro atoms. The van der Waals surface area contributed by atoms with Gasteiger partial charge in [-0.1, -0.05) is 133 Å². The van der Waals surface area contributed by atoms with Crippen molar-refractivity contribution in [3.8, 4) is 0 Å². The summed E-state index contributed by atoms with van der Waals surface area (Å²) in [6.45, 7) is 23.9. The minimum Gasteiger partial charge on any atom is -0.467 e. The fourth-order valence-electron chi connectivity index (χ4n) is 9.17. The first-order valence-electron chi connectivity index (χ1n) is 24.3. The summed E-state index contributed by atoms with van der Waals surface area (Å²) in [5, 5.41) is 8.44. The standard InChI is InChI=1S/C36H53N3O6.C19H27NO4/c1-8-10-12-17-21-27(33(42)44-7)37-31(40)29-28-26(36(28,5)6)23-39(29)32(41)30(35(3,4)22-18-13-11-9-2)38-34(43)45-24-25-19-15-14-16-20-25;1-5-6-10-13-19(2,3)16(17(21)23-4)20-18(22)24-14-15-11-8-7-9-12-15/h8-9,14-16,19-20,26-30H,1-2,10-13,17-18,21-24H2,3-7H3,(H,37,40)(H,38,43);5,7-9,11-12,16H,1,6,10,13-14H2,2-4H3,(H,20,22)/t26?,27-,28-,29-,30+;/m0./s1. The van der Waals surface area contributed by atoms with Crippen molar-refractivity contribution >= 4 is 35.9 Å². The molecule has 1 heterocycles. The highest BCUT2D eigenvalue weighted by atomic mass is 16.6. The monoisotopic (exact) mass is 957 g/mol. The number of rotatable bonds is 27. The van der Waals surface area contributed by atoms with E-state index in [1.165, 1.54) is 14.2 Å². The number of ether oxygens (including phenoxy) is 4. The third-order valence-electron chi connectivity index (χ3n) is 13.6. The Morgan fingerprint density at radius 3 is 1.64 bits per heavy atom. The highest BCUT2D eigenvalue weighted by Gasteiger charge is 2.70. The normalized spacial score (nSPS) is 18.0. The smallest absolute Gasteiger partial charge is 0.408 e. The molecular formula is C55H80N4O10. The number of esters is 2. The summed E-state index contributed by atoms with van der Waals surface area (Å²) in [6.07, 6.45) is 12.8. The van der Waals surface area contributed by atoms with E-state index in [0.717, 1.165) is 62.5 Å². The Balaban J connectivity index is 0.000000442. The number of carbonyl (C=O) groups is 6. The van der Waals surface area contributed by atoms with Gasteiger partial charge in [0.15, 0.2) is 0 Å². The van der Waals surface area contributed by atoms with E-state index in [-0.39, 0.29) is 42.3 Å². The topological polar surface area (TPSA) is 179 Å². The molecule has 14 nitrogen and oxygen atoms in total. The molecule has 2 unspecified atom stereocenters. The molecule has 380 valence electrons. The van der Waals surface area contributed by atoms with Gasteiger partial charge in [0.25, 0.3) is 0 Å². The Labute approximate surface area is 411 Å². The number of unbranched alkanes of at least 4 members (excludes halogenated alkanes) is 5. The van der Waals surface area contributed by atoms with Gasteiger partial charge in [-0.15, -0.1) is 19.7 Å². The number of piperidine rings is 1. The van der Waals surface area contributed by atoms with Crippen LogP contribution in [0.3, 0.4) is 0 Å². The first kappa shape index (κ1) is 57.4. The maximum absolute atomic E-state index is 14.5. The van der Waals surface area contributed by atoms with Crippen molar-refractivity contribution in [2.75, 3.05) is 20.8 Å². The molecular weight excluding hydrogens is 877 g/mol. The zero-order valence-corrected chi connectivity index (χ0v) is 42.5. The fraction of sp³-hybridized carbons (Fsp3) is 0.564. The molecule has 0 bridgehead atoms. The van der Waals surface area contributed by atoms with Gasteiger partial charge in [0.2, 0.25) is 11.8 Å². The van der Waals surface area contributed by atoms with E-state index in [1.54, 1.807) is 4.90 Å². The second-order valence-electron chi connectivity index (χ2n) is 20.0. The molecule has 4 rings (SSSR count). The van der Waals surface area contributed by atoms with Crippen LogP contribution < -0.4 is 16.0 Å². The SMILES string of the molecule is C=CCCCC(C)(C)C(NC(=O)OCc1ccccc1)C(=O)OC.C=CCCCC[C@H](NC(=O)[C@@H]1[C@@H]2C(CN1C(=O)[C@@H](NC(=O)OCc1ccccc1)C(C)(C)CCCCC=C)C2(C)C)C(=O)OC. The Hall–Kier alpha value is -5.92. The fourth-order valence-corrected chi connectivity index (χ4v) is 9.17. The number of nitrogens with zero attached hydrogens (tertiary/aromatic N) is 1. The average molecular weight is 957 g/mol. The molecule has 2 aromatic rings. The summed E-state index contributed by atoms with van der Waals surface area (Å²) in [5.74, 6) is -1.58. The molecule has 1 saturated heterocycles. The Kier molecular flexibility index (Phi) is 23.2. The molecule has 4 amide bonds. The number of alkyl carbamates (subject to hydrolysis) is 2. The van der Waals surface area contributed by atoms with Crippen molar-refractivity contribution in [2.45, 2.75) is 150 Å². The van der Waals surface area contributed by atoms with Crippen molar-refractivity contribution in [2.24, 2.45) is 28.1 Å². The minimum absolute atomic E-state index is 0.0538. The van der Waals surface area contributed by atoms with E-state index in [0.29, 0.717) is 25.8 Å². The Bertz CT molecular complexity index is 2000. The van der Waals surface area contributed by atoms with E-state index in [1.807, 2.05) is 107 Å². The second-order valence-corrected chi connectivity index (χ2v) is 20.0. The summed E-state index contributed by atoms with van der Waals surface area (Å²) < 4.78 is 20.6. The van der Waals surface area contributed by atoms with E-state index in [9.17, 15) is 28.8 Å². The lowest BCUT2D eigenvalue weighted by molar-refractivity contribution is -0.148. The van der Waals surface area contributed by atoms with Crippen LogP contribution >= 0.6 is 0 Å². The Morgan fingerprint density at radius 2 is 1.13 bits per heavy atom. The first-order chi connectivity index (χ1) is 32.8. The van der Waals surface area contributed by atoms with Gasteiger partial charge in [0.1, 0.15) is 37.4 Å². The average Bonchev–Trinajstić information content (AvgIpc) is 3.61. The lowest BCUT2D eigenvalue weighted by atomic mass is 9.78. The number of likely N-dealkylation sites (tertiary alicyclic amines) is 1. The lowest BCUT2D eigenvalue weighted by Crippen LogP contribution is -2.60. The number of fused-ring (bicyclic) bond motifs is 1. The van der Waals surface area contributed by atoms with E-state index < -0.39 is 59.1 Å². The number of methoxy groups -OCH3 is 2. The highest BCUT2D eigenvalue weighted by Crippen LogP contribution is 2.65. The Morgan fingerprint density at radius 1 is 0.667 bits per heavy atom. The summed E-state index contributed by atoms with van der Waals surface area (Å²) >= 11 is 0. The van der Waals surface area contributed by atoms with Gasteiger partial charge in [-0.05, 0) is 97.0 Å². The van der Waals surface area contributed by atoms with Crippen molar-refractivity contribution in [1.29, 1.82) is 0 Å². The number of hydrogen-bond donors (Lipinski definition) is 3. The largest absolute Gasteiger partial charge is 0.467 e. The van der Waals surface area contributed by atoms with Crippen LogP contribution in [0.1, 0.15) is 123 Å². The van der Waals surface area contributed by atoms with E-state index in [4.69, 9.17) is 18.9 Å². The number of carbonyl (C=O) groups excluding carboxylic acids is 6. The number of hydrogen-bond acceptors (Lipinski definition) is 10. The van der Waals surface area contributed by atoms with Gasteiger partial charge in [-0.2, -0.15) is 0 Å². The van der Waals surface area contributed by atoms with Crippen LogP contribution in [0, 0.1) is 28.1 Å². The predicted molar refractivity (Wildman–Crippen MR) is 268 cm³/mol. The van der Waals surface area contributed by atoms with Crippen LogP contribution in [0.25, 0.3) is 0 Å². The summed E-state index contributed by atoms with van der Waals surface area (Å²) in [6, 6.07) is 15.4. The van der Waals surface area contributed by atoms with Crippen molar-refractivity contribution in [3.05, 3.63) is 110 Å². The summed E-state index contributed by atoms with van der Waals surface area (Å²) in [7, 11) is 2.62.